The molecule has 0 atom stereocenters. The lowest BCUT2D eigenvalue weighted by molar-refractivity contribution is 0.0173. The summed E-state index contributed by atoms with van der Waals surface area (Å²) in [7, 11) is -1.46. The van der Waals surface area contributed by atoms with Gasteiger partial charge in [0.1, 0.15) is 5.84 Å². The summed E-state index contributed by atoms with van der Waals surface area (Å²) in [5.41, 5.74) is 3.74. The maximum Gasteiger partial charge on any atom is 0.270 e. The highest BCUT2D eigenvalue weighted by Crippen LogP contribution is 2.33. The molecule has 4 rings (SSSR count). The standard InChI is InChI=1S/C23H23F2N3S/c1-23(24,25)19-10-11-26-20(16-19)15-17-6-8-18(9-7-17)21-5-4-12-28-13-14-29(2,3)27-22(21)28/h4-12,16H,2-3,13-15H2,1H3. The summed E-state index contributed by atoms with van der Waals surface area (Å²) in [6.45, 7) is 1.77. The molecule has 0 spiro atoms. The van der Waals surface area contributed by atoms with E-state index in [1.165, 1.54) is 18.3 Å². The summed E-state index contributed by atoms with van der Waals surface area (Å²) in [5, 5.41) is 0. The summed E-state index contributed by atoms with van der Waals surface area (Å²) >= 11 is 0. The second kappa shape index (κ2) is 7.26. The summed E-state index contributed by atoms with van der Waals surface area (Å²) < 4.78 is 31.9. The Bertz CT molecular complexity index is 1120. The molecule has 1 aromatic carbocycles. The first-order chi connectivity index (χ1) is 13.7. The fourth-order valence-corrected chi connectivity index (χ4v) is 4.60. The lowest BCUT2D eigenvalue weighted by Gasteiger charge is -2.32. The van der Waals surface area contributed by atoms with Gasteiger partial charge in [0, 0.05) is 54.9 Å². The smallest absolute Gasteiger partial charge is 0.270 e. The Hall–Kier alpha value is -2.73. The number of hydrogen-bond acceptors (Lipinski definition) is 3. The molecule has 6 heteroatoms. The summed E-state index contributed by atoms with van der Waals surface area (Å²) in [6, 6.07) is 10.9. The van der Waals surface area contributed by atoms with Crippen molar-refractivity contribution in [3.05, 3.63) is 83.3 Å². The van der Waals surface area contributed by atoms with E-state index < -0.39 is 15.3 Å². The molecular weight excluding hydrogens is 388 g/mol. The molecule has 2 aliphatic rings. The number of benzene rings is 1. The molecule has 0 radical (unpaired) electrons. The minimum absolute atomic E-state index is 0.0130. The zero-order valence-electron chi connectivity index (χ0n) is 16.3. The highest BCUT2D eigenvalue weighted by atomic mass is 32.2. The number of nitrogens with zero attached hydrogens (tertiary/aromatic N) is 3. The predicted molar refractivity (Wildman–Crippen MR) is 121 cm³/mol. The fourth-order valence-electron chi connectivity index (χ4n) is 3.41. The molecule has 0 N–H and O–H groups in total. The second-order valence-corrected chi connectivity index (χ2v) is 10.1. The van der Waals surface area contributed by atoms with E-state index in [4.69, 9.17) is 4.40 Å². The van der Waals surface area contributed by atoms with E-state index in [9.17, 15) is 8.78 Å². The molecule has 0 saturated carbocycles. The molecule has 0 aliphatic carbocycles. The number of aromatic nitrogens is 1. The number of halogens is 2. The Morgan fingerprint density at radius 1 is 1.17 bits per heavy atom. The summed E-state index contributed by atoms with van der Waals surface area (Å²) in [6.07, 6.45) is 8.06. The van der Waals surface area contributed by atoms with Gasteiger partial charge in [0.15, 0.2) is 0 Å². The third-order valence-electron chi connectivity index (χ3n) is 5.01. The van der Waals surface area contributed by atoms with Crippen LogP contribution in [0.2, 0.25) is 0 Å². The number of amidine groups is 1. The van der Waals surface area contributed by atoms with Crippen molar-refractivity contribution < 1.29 is 8.78 Å². The Balaban J connectivity index is 1.58. The van der Waals surface area contributed by atoms with Gasteiger partial charge < -0.3 is 4.90 Å². The van der Waals surface area contributed by atoms with Crippen molar-refractivity contribution in [2.75, 3.05) is 12.3 Å². The third kappa shape index (κ3) is 4.32. The number of rotatable bonds is 4. The van der Waals surface area contributed by atoms with Crippen molar-refractivity contribution in [1.29, 1.82) is 0 Å². The first-order valence-corrected chi connectivity index (χ1v) is 11.5. The van der Waals surface area contributed by atoms with E-state index in [1.807, 2.05) is 36.5 Å². The normalized spacial score (nSPS) is 18.1. The molecule has 0 saturated heterocycles. The van der Waals surface area contributed by atoms with E-state index >= 15 is 0 Å². The quantitative estimate of drug-likeness (QED) is 0.663. The van der Waals surface area contributed by atoms with Gasteiger partial charge in [-0.15, -0.1) is 9.39 Å². The number of allylic oxidation sites excluding steroid dienone is 2. The third-order valence-corrected chi connectivity index (χ3v) is 6.51. The van der Waals surface area contributed by atoms with Gasteiger partial charge in [0.2, 0.25) is 0 Å². The average molecular weight is 412 g/mol. The van der Waals surface area contributed by atoms with Gasteiger partial charge >= 0.3 is 0 Å². The van der Waals surface area contributed by atoms with E-state index in [2.05, 4.69) is 27.7 Å². The van der Waals surface area contributed by atoms with Crippen molar-refractivity contribution in [1.82, 2.24) is 9.88 Å². The minimum Gasteiger partial charge on any atom is -0.331 e. The Morgan fingerprint density at radius 2 is 1.93 bits per heavy atom. The van der Waals surface area contributed by atoms with Crippen LogP contribution in [0.4, 0.5) is 8.78 Å². The van der Waals surface area contributed by atoms with Crippen LogP contribution in [0.15, 0.2) is 65.3 Å². The van der Waals surface area contributed by atoms with E-state index in [-0.39, 0.29) is 5.56 Å². The van der Waals surface area contributed by atoms with Crippen LogP contribution in [0, 0.1) is 0 Å². The predicted octanol–water partition coefficient (Wildman–Crippen LogP) is 4.99. The van der Waals surface area contributed by atoms with Crippen molar-refractivity contribution in [2.45, 2.75) is 19.3 Å². The zero-order valence-corrected chi connectivity index (χ0v) is 17.1. The van der Waals surface area contributed by atoms with Gasteiger partial charge in [0.25, 0.3) is 5.92 Å². The highest BCUT2D eigenvalue weighted by molar-refractivity contribution is 8.26. The van der Waals surface area contributed by atoms with Crippen molar-refractivity contribution in [2.24, 2.45) is 4.40 Å². The Kier molecular flexibility index (Phi) is 4.90. The topological polar surface area (TPSA) is 28.5 Å². The molecule has 3 heterocycles. The van der Waals surface area contributed by atoms with Crippen LogP contribution >= 0.6 is 9.39 Å². The van der Waals surface area contributed by atoms with E-state index in [1.54, 1.807) is 0 Å². The summed E-state index contributed by atoms with van der Waals surface area (Å²) in [5.74, 6) is 7.30. The van der Waals surface area contributed by atoms with Crippen LogP contribution in [0.25, 0.3) is 5.57 Å². The van der Waals surface area contributed by atoms with Crippen molar-refractivity contribution in [3.8, 4) is 0 Å². The van der Waals surface area contributed by atoms with Gasteiger partial charge in [-0.3, -0.25) is 4.98 Å². The fraction of sp³-hybridized carbons (Fsp3) is 0.217. The van der Waals surface area contributed by atoms with Crippen molar-refractivity contribution >= 4 is 32.5 Å². The molecule has 0 unspecified atom stereocenters. The SMILES string of the molecule is C=S1(=C)CCN2C=CC=C(c3ccc(Cc4cc(C(C)(F)F)ccn4)cc3)C2=N1. The molecule has 2 aliphatic heterocycles. The van der Waals surface area contributed by atoms with Gasteiger partial charge in [-0.1, -0.05) is 36.0 Å². The maximum absolute atomic E-state index is 13.6. The number of pyridine rings is 1. The first-order valence-electron chi connectivity index (χ1n) is 9.36. The molecule has 29 heavy (non-hydrogen) atoms. The molecule has 0 fully saturated rings. The monoisotopic (exact) mass is 411 g/mol. The Labute approximate surface area is 170 Å². The van der Waals surface area contributed by atoms with Crippen molar-refractivity contribution in [3.63, 3.8) is 0 Å². The second-order valence-electron chi connectivity index (χ2n) is 7.53. The van der Waals surface area contributed by atoms with Gasteiger partial charge in [-0.2, -0.15) is 0 Å². The van der Waals surface area contributed by atoms with Gasteiger partial charge in [-0.25, -0.2) is 13.2 Å². The number of fused-ring (bicyclic) bond motifs is 1. The van der Waals surface area contributed by atoms with Gasteiger partial charge in [0.05, 0.1) is 0 Å². The number of hydrogen-bond donors (Lipinski definition) is 0. The van der Waals surface area contributed by atoms with Crippen LogP contribution < -0.4 is 0 Å². The van der Waals surface area contributed by atoms with E-state index in [0.29, 0.717) is 12.1 Å². The lowest BCUT2D eigenvalue weighted by atomic mass is 9.99. The van der Waals surface area contributed by atoms with E-state index in [0.717, 1.165) is 41.8 Å². The minimum atomic E-state index is -2.87. The van der Waals surface area contributed by atoms with Crippen LogP contribution in [-0.2, 0) is 12.3 Å². The van der Waals surface area contributed by atoms with Crippen LogP contribution in [-0.4, -0.2) is 39.8 Å². The zero-order chi connectivity index (χ0) is 20.6. The maximum atomic E-state index is 13.6. The number of alkyl halides is 2. The molecule has 3 nitrogen and oxygen atoms in total. The Morgan fingerprint density at radius 3 is 2.66 bits per heavy atom. The molecule has 0 amide bonds. The molecule has 150 valence electrons. The average Bonchev–Trinajstić information content (AvgIpc) is 2.67. The molecule has 0 bridgehead atoms. The van der Waals surface area contributed by atoms with Gasteiger partial charge in [-0.05, 0) is 35.4 Å². The summed E-state index contributed by atoms with van der Waals surface area (Å²) in [4.78, 5) is 6.38. The largest absolute Gasteiger partial charge is 0.331 e. The van der Waals surface area contributed by atoms with Crippen LogP contribution in [0.5, 0.6) is 0 Å². The molecule has 1 aromatic heterocycles. The van der Waals surface area contributed by atoms with Crippen LogP contribution in [0.1, 0.15) is 29.3 Å². The van der Waals surface area contributed by atoms with Crippen LogP contribution in [0.3, 0.4) is 0 Å². The molecular formula is C23H23F2N3S. The lowest BCUT2D eigenvalue weighted by Crippen LogP contribution is -2.34. The first kappa shape index (κ1) is 19.6. The highest BCUT2D eigenvalue weighted by Gasteiger charge is 2.25. The molecule has 2 aromatic rings.